The van der Waals surface area contributed by atoms with E-state index in [-0.39, 0.29) is 25.2 Å². The molecule has 1 amide bonds. The minimum Gasteiger partial charge on any atom is -0.364 e. The molecule has 1 aliphatic heterocycles. The molecular weight excluding hydrogens is 627 g/mol. The summed E-state index contributed by atoms with van der Waals surface area (Å²) >= 11 is 0. The maximum atomic E-state index is 15.1. The summed E-state index contributed by atoms with van der Waals surface area (Å²) in [6.07, 6.45) is 1.95. The van der Waals surface area contributed by atoms with Crippen LogP contribution in [-0.4, -0.2) is 70.2 Å². The lowest BCUT2D eigenvalue weighted by molar-refractivity contribution is -0.149. The van der Waals surface area contributed by atoms with Crippen molar-refractivity contribution in [2.75, 3.05) is 24.6 Å². The molecule has 0 aliphatic carbocycles. The Balaban J connectivity index is 1.32. The molecule has 1 unspecified atom stereocenters. The first-order valence-electron chi connectivity index (χ1n) is 14.5. The average Bonchev–Trinajstić information content (AvgIpc) is 3.61. The molecule has 4 heterocycles. The zero-order valence-corrected chi connectivity index (χ0v) is 26.7. The number of amides is 1. The number of nitrogens with zero attached hydrogens (tertiary/aromatic N) is 7. The first-order valence-corrected chi connectivity index (χ1v) is 18.2. The minimum atomic E-state index is -4.75. The number of carbonyl (C=O) groups is 1. The van der Waals surface area contributed by atoms with Crippen molar-refractivity contribution < 1.29 is 31.5 Å². The van der Waals surface area contributed by atoms with Gasteiger partial charge in [0.25, 0.3) is 5.91 Å². The fraction of sp³-hybridized carbons (Fsp3) is 0.433. The van der Waals surface area contributed by atoms with Gasteiger partial charge in [-0.3, -0.25) is 9.48 Å². The highest BCUT2D eigenvalue weighted by Crippen LogP contribution is 2.39. The van der Waals surface area contributed by atoms with Gasteiger partial charge in [-0.2, -0.15) is 23.5 Å². The SMILES string of the molecule is CC(NC(=O)c1cc(F)c(N2CC(CC#N)(n3cc(-c4ncnc5c4ccn5COCC[Si](C)(C)C)cn3)C2)cc1F)C(F)(F)F. The Hall–Kier alpha value is -4.36. The van der Waals surface area contributed by atoms with Crippen LogP contribution in [0.15, 0.2) is 43.1 Å². The van der Waals surface area contributed by atoms with E-state index in [1.54, 1.807) is 22.4 Å². The normalized spacial score (nSPS) is 15.4. The standard InChI is InChI=1S/C30H33F5N8O2Si/c1-19(30(33,34)35)40-28(44)22-11-24(32)25(12-23(22)31)42-15-29(16-42,6-7-36)43-14-20(13-39-43)26-21-5-8-41(27(21)38-17-37-26)18-45-9-10-46(2,3)4/h5,8,11-14,17,19H,6,9-10,15-16,18H2,1-4H3,(H,40,44). The molecule has 1 aromatic carbocycles. The number of ether oxygens (including phenoxy) is 1. The van der Waals surface area contributed by atoms with E-state index in [1.165, 1.54) is 11.2 Å². The van der Waals surface area contributed by atoms with E-state index in [0.29, 0.717) is 43.2 Å². The summed E-state index contributed by atoms with van der Waals surface area (Å²) in [6.45, 7) is 8.73. The predicted octanol–water partition coefficient (Wildman–Crippen LogP) is 5.70. The number of hydrogen-bond donors (Lipinski definition) is 1. The minimum absolute atomic E-state index is 0.00879. The van der Waals surface area contributed by atoms with Crippen molar-refractivity contribution in [3.63, 3.8) is 0 Å². The molecule has 0 radical (unpaired) electrons. The van der Waals surface area contributed by atoms with Crippen LogP contribution in [-0.2, 0) is 17.0 Å². The number of aromatic nitrogens is 5. The second-order valence-corrected chi connectivity index (χ2v) is 18.3. The fourth-order valence-electron chi connectivity index (χ4n) is 5.21. The Morgan fingerprint density at radius 3 is 2.61 bits per heavy atom. The van der Waals surface area contributed by atoms with Gasteiger partial charge in [-0.05, 0) is 25.1 Å². The van der Waals surface area contributed by atoms with Gasteiger partial charge in [0, 0.05) is 57.2 Å². The number of nitrogens with one attached hydrogen (secondary N) is 1. The number of halogens is 5. The summed E-state index contributed by atoms with van der Waals surface area (Å²) < 4.78 is 77.8. The van der Waals surface area contributed by atoms with E-state index in [9.17, 15) is 27.6 Å². The van der Waals surface area contributed by atoms with E-state index in [0.717, 1.165) is 17.5 Å². The number of rotatable bonds is 11. The van der Waals surface area contributed by atoms with E-state index in [2.05, 4.69) is 40.8 Å². The molecule has 1 aliphatic rings. The van der Waals surface area contributed by atoms with Crippen molar-refractivity contribution in [1.82, 2.24) is 29.6 Å². The highest BCUT2D eigenvalue weighted by molar-refractivity contribution is 6.76. The van der Waals surface area contributed by atoms with E-state index < -0.39 is 48.9 Å². The monoisotopic (exact) mass is 660 g/mol. The number of carbonyl (C=O) groups excluding carboxylic acids is 1. The van der Waals surface area contributed by atoms with Crippen LogP contribution in [0.5, 0.6) is 0 Å². The third-order valence-corrected chi connectivity index (χ3v) is 9.67. The quantitative estimate of drug-likeness (QED) is 0.125. The van der Waals surface area contributed by atoms with Crippen LogP contribution in [0.25, 0.3) is 22.3 Å². The average molecular weight is 661 g/mol. The smallest absolute Gasteiger partial charge is 0.364 e. The second kappa shape index (κ2) is 12.4. The van der Waals surface area contributed by atoms with Crippen LogP contribution >= 0.6 is 0 Å². The molecule has 0 saturated carbocycles. The van der Waals surface area contributed by atoms with Crippen LogP contribution in [0.2, 0.25) is 25.7 Å². The highest BCUT2D eigenvalue weighted by atomic mass is 28.3. The number of alkyl halides is 3. The van der Waals surface area contributed by atoms with Crippen LogP contribution < -0.4 is 10.2 Å². The van der Waals surface area contributed by atoms with Gasteiger partial charge >= 0.3 is 6.18 Å². The van der Waals surface area contributed by atoms with Crippen LogP contribution in [0.3, 0.4) is 0 Å². The molecule has 16 heteroatoms. The van der Waals surface area contributed by atoms with E-state index in [4.69, 9.17) is 4.74 Å². The lowest BCUT2D eigenvalue weighted by Crippen LogP contribution is -2.63. The Labute approximate surface area is 262 Å². The number of nitriles is 1. The van der Waals surface area contributed by atoms with Crippen LogP contribution in [0, 0.1) is 23.0 Å². The van der Waals surface area contributed by atoms with Gasteiger partial charge in [0.15, 0.2) is 0 Å². The number of benzene rings is 1. The maximum Gasteiger partial charge on any atom is 0.408 e. The van der Waals surface area contributed by atoms with Gasteiger partial charge < -0.3 is 19.5 Å². The third-order valence-electron chi connectivity index (χ3n) is 7.96. The highest BCUT2D eigenvalue weighted by Gasteiger charge is 2.47. The lowest BCUT2D eigenvalue weighted by atomic mass is 9.86. The first kappa shape index (κ1) is 33.0. The molecule has 1 atom stereocenters. The molecule has 46 heavy (non-hydrogen) atoms. The largest absolute Gasteiger partial charge is 0.408 e. The Bertz CT molecular complexity index is 1790. The molecule has 10 nitrogen and oxygen atoms in total. The van der Waals surface area contributed by atoms with Gasteiger partial charge in [-0.1, -0.05) is 19.6 Å². The van der Waals surface area contributed by atoms with Crippen molar-refractivity contribution in [1.29, 1.82) is 5.26 Å². The van der Waals surface area contributed by atoms with Crippen molar-refractivity contribution in [2.45, 2.75) is 63.5 Å². The van der Waals surface area contributed by atoms with Crippen LogP contribution in [0.4, 0.5) is 27.6 Å². The van der Waals surface area contributed by atoms with Crippen molar-refractivity contribution in [3.05, 3.63) is 60.3 Å². The first-order chi connectivity index (χ1) is 21.6. The number of anilines is 1. The van der Waals surface area contributed by atoms with Crippen LogP contribution in [0.1, 0.15) is 23.7 Å². The van der Waals surface area contributed by atoms with Gasteiger partial charge in [0.2, 0.25) is 0 Å². The molecule has 1 fully saturated rings. The zero-order chi connectivity index (χ0) is 33.4. The van der Waals surface area contributed by atoms with Crippen molar-refractivity contribution in [3.8, 4) is 17.3 Å². The molecule has 244 valence electrons. The predicted molar refractivity (Wildman–Crippen MR) is 163 cm³/mol. The molecule has 1 N–H and O–H groups in total. The molecule has 1 saturated heterocycles. The van der Waals surface area contributed by atoms with Gasteiger partial charge in [-0.15, -0.1) is 0 Å². The Morgan fingerprint density at radius 2 is 1.93 bits per heavy atom. The third kappa shape index (κ3) is 6.75. The Kier molecular flexibility index (Phi) is 8.93. The summed E-state index contributed by atoms with van der Waals surface area (Å²) in [7, 11) is -1.22. The molecule has 0 bridgehead atoms. The summed E-state index contributed by atoms with van der Waals surface area (Å²) in [4.78, 5) is 22.6. The van der Waals surface area contributed by atoms with Gasteiger partial charge in [0.05, 0.1) is 35.6 Å². The lowest BCUT2D eigenvalue weighted by Gasteiger charge is -2.50. The Morgan fingerprint density at radius 1 is 1.20 bits per heavy atom. The molecule has 0 spiro atoms. The number of hydrogen-bond acceptors (Lipinski definition) is 7. The maximum absolute atomic E-state index is 15.1. The summed E-state index contributed by atoms with van der Waals surface area (Å²) in [5, 5.41) is 16.5. The van der Waals surface area contributed by atoms with E-state index in [1.807, 2.05) is 16.8 Å². The zero-order valence-electron chi connectivity index (χ0n) is 25.7. The summed E-state index contributed by atoms with van der Waals surface area (Å²) in [5.74, 6) is -3.55. The summed E-state index contributed by atoms with van der Waals surface area (Å²) in [5.41, 5.74) is 0.0696. The number of fused-ring (bicyclic) bond motifs is 1. The van der Waals surface area contributed by atoms with Crippen molar-refractivity contribution in [2.24, 2.45) is 0 Å². The second-order valence-electron chi connectivity index (χ2n) is 12.7. The topological polar surface area (TPSA) is 114 Å². The fourth-order valence-corrected chi connectivity index (χ4v) is 5.97. The van der Waals surface area contributed by atoms with E-state index >= 15 is 4.39 Å². The molecule has 3 aromatic heterocycles. The van der Waals surface area contributed by atoms with Gasteiger partial charge in [0.1, 0.15) is 41.9 Å². The summed E-state index contributed by atoms with van der Waals surface area (Å²) in [6, 6.07) is 4.17. The van der Waals surface area contributed by atoms with Crippen molar-refractivity contribution >= 4 is 30.7 Å². The molecule has 5 rings (SSSR count). The van der Waals surface area contributed by atoms with Gasteiger partial charge in [-0.25, -0.2) is 18.7 Å². The molecule has 4 aromatic rings. The molecular formula is C30H33F5N8O2Si.